The van der Waals surface area contributed by atoms with Crippen LogP contribution in [0.5, 0.6) is 0 Å². The standard InChI is InChI=1S/C10H12N2/c1-9-4-2-3-5-10(9)12-7-6-11-8-12/h2-5,8H,6-7H2,1H3. The molecule has 0 unspecified atom stereocenters. The number of hydrogen-bond acceptors (Lipinski definition) is 2. The highest BCUT2D eigenvalue weighted by molar-refractivity contribution is 5.82. The highest BCUT2D eigenvalue weighted by atomic mass is 15.2. The molecule has 0 saturated heterocycles. The van der Waals surface area contributed by atoms with E-state index < -0.39 is 0 Å². The van der Waals surface area contributed by atoms with Crippen molar-refractivity contribution in [2.45, 2.75) is 6.92 Å². The summed E-state index contributed by atoms with van der Waals surface area (Å²) in [6.45, 7) is 4.07. The molecule has 0 aliphatic carbocycles. The van der Waals surface area contributed by atoms with Gasteiger partial charge in [0.15, 0.2) is 0 Å². The van der Waals surface area contributed by atoms with Crippen LogP contribution < -0.4 is 4.90 Å². The molecule has 2 rings (SSSR count). The zero-order valence-corrected chi connectivity index (χ0v) is 7.20. The van der Waals surface area contributed by atoms with Crippen molar-refractivity contribution in [3.63, 3.8) is 0 Å². The topological polar surface area (TPSA) is 15.6 Å². The summed E-state index contributed by atoms with van der Waals surface area (Å²) in [6.07, 6.45) is 1.92. The van der Waals surface area contributed by atoms with Crippen molar-refractivity contribution in [2.24, 2.45) is 4.99 Å². The lowest BCUT2D eigenvalue weighted by molar-refractivity contribution is 1.02. The van der Waals surface area contributed by atoms with Crippen molar-refractivity contribution in [1.82, 2.24) is 0 Å². The van der Waals surface area contributed by atoms with Crippen molar-refractivity contribution in [2.75, 3.05) is 18.0 Å². The molecule has 0 aromatic heterocycles. The molecule has 12 heavy (non-hydrogen) atoms. The molecule has 0 fully saturated rings. The first-order valence-corrected chi connectivity index (χ1v) is 4.20. The van der Waals surface area contributed by atoms with Crippen LogP contribution in [0.4, 0.5) is 5.69 Å². The first kappa shape index (κ1) is 7.35. The van der Waals surface area contributed by atoms with Crippen LogP contribution in [0, 0.1) is 6.92 Å². The van der Waals surface area contributed by atoms with Gasteiger partial charge in [0.05, 0.1) is 12.9 Å². The van der Waals surface area contributed by atoms with E-state index in [4.69, 9.17) is 0 Å². The van der Waals surface area contributed by atoms with E-state index in [2.05, 4.69) is 41.1 Å². The Balaban J connectivity index is 2.33. The maximum absolute atomic E-state index is 4.18. The van der Waals surface area contributed by atoms with Gasteiger partial charge in [-0.15, -0.1) is 0 Å². The van der Waals surface area contributed by atoms with Gasteiger partial charge in [-0.25, -0.2) is 0 Å². The molecule has 0 saturated carbocycles. The van der Waals surface area contributed by atoms with Crippen LogP contribution in [0.25, 0.3) is 0 Å². The number of nitrogens with zero attached hydrogens (tertiary/aromatic N) is 2. The third-order valence-corrected chi connectivity index (χ3v) is 2.12. The number of anilines is 1. The average molecular weight is 160 g/mol. The van der Waals surface area contributed by atoms with Crippen molar-refractivity contribution >= 4 is 12.0 Å². The zero-order chi connectivity index (χ0) is 8.39. The predicted molar refractivity (Wildman–Crippen MR) is 51.9 cm³/mol. The Bertz CT molecular complexity index is 304. The number of aryl methyl sites for hydroxylation is 1. The number of rotatable bonds is 1. The first-order chi connectivity index (χ1) is 5.88. The number of hydrogen-bond donors (Lipinski definition) is 0. The summed E-state index contributed by atoms with van der Waals surface area (Å²) in [5.74, 6) is 0. The van der Waals surface area contributed by atoms with Crippen LogP contribution >= 0.6 is 0 Å². The van der Waals surface area contributed by atoms with Crippen molar-refractivity contribution in [3.8, 4) is 0 Å². The minimum Gasteiger partial charge on any atom is -0.331 e. The molecule has 62 valence electrons. The fraction of sp³-hybridized carbons (Fsp3) is 0.300. The largest absolute Gasteiger partial charge is 0.331 e. The second kappa shape index (κ2) is 2.97. The monoisotopic (exact) mass is 160 g/mol. The van der Waals surface area contributed by atoms with E-state index in [0.29, 0.717) is 0 Å². The Morgan fingerprint density at radius 3 is 2.83 bits per heavy atom. The van der Waals surface area contributed by atoms with Crippen molar-refractivity contribution in [1.29, 1.82) is 0 Å². The normalized spacial score (nSPS) is 15.6. The lowest BCUT2D eigenvalue weighted by Gasteiger charge is -2.15. The quantitative estimate of drug-likeness (QED) is 0.612. The average Bonchev–Trinajstić information content (AvgIpc) is 2.57. The van der Waals surface area contributed by atoms with E-state index in [1.807, 2.05) is 6.34 Å². The van der Waals surface area contributed by atoms with Gasteiger partial charge in [-0.1, -0.05) is 18.2 Å². The Hall–Kier alpha value is -1.31. The van der Waals surface area contributed by atoms with E-state index in [-0.39, 0.29) is 0 Å². The lowest BCUT2D eigenvalue weighted by Crippen LogP contribution is -2.18. The summed E-state index contributed by atoms with van der Waals surface area (Å²) in [6, 6.07) is 8.38. The van der Waals surface area contributed by atoms with E-state index in [1.165, 1.54) is 11.3 Å². The minimum absolute atomic E-state index is 0.925. The minimum atomic E-state index is 0.925. The molecule has 1 aromatic rings. The Morgan fingerprint density at radius 1 is 1.33 bits per heavy atom. The van der Waals surface area contributed by atoms with Gasteiger partial charge >= 0.3 is 0 Å². The fourth-order valence-electron chi connectivity index (χ4n) is 1.45. The maximum atomic E-state index is 4.18. The molecule has 1 heterocycles. The van der Waals surface area contributed by atoms with Crippen molar-refractivity contribution in [3.05, 3.63) is 29.8 Å². The third-order valence-electron chi connectivity index (χ3n) is 2.12. The molecule has 0 bridgehead atoms. The Kier molecular flexibility index (Phi) is 1.82. The SMILES string of the molecule is Cc1ccccc1N1C=NCC1. The van der Waals surface area contributed by atoms with Crippen LogP contribution in [-0.4, -0.2) is 19.4 Å². The van der Waals surface area contributed by atoms with Gasteiger partial charge in [0, 0.05) is 12.2 Å². The van der Waals surface area contributed by atoms with Gasteiger partial charge in [-0.2, -0.15) is 0 Å². The smallest absolute Gasteiger partial charge is 0.0895 e. The maximum Gasteiger partial charge on any atom is 0.0895 e. The number of aliphatic imine (C=N–C) groups is 1. The molecule has 0 amide bonds. The fourth-order valence-corrected chi connectivity index (χ4v) is 1.45. The summed E-state index contributed by atoms with van der Waals surface area (Å²) in [4.78, 5) is 6.37. The van der Waals surface area contributed by atoms with Crippen LogP contribution in [0.3, 0.4) is 0 Å². The molecule has 2 nitrogen and oxygen atoms in total. The summed E-state index contributed by atoms with van der Waals surface area (Å²) in [7, 11) is 0. The van der Waals surface area contributed by atoms with Gasteiger partial charge in [0.2, 0.25) is 0 Å². The van der Waals surface area contributed by atoms with Gasteiger partial charge in [-0.05, 0) is 18.6 Å². The van der Waals surface area contributed by atoms with E-state index in [1.54, 1.807) is 0 Å². The van der Waals surface area contributed by atoms with Crippen LogP contribution in [0.2, 0.25) is 0 Å². The Morgan fingerprint density at radius 2 is 2.17 bits per heavy atom. The highest BCUT2D eigenvalue weighted by Crippen LogP contribution is 2.18. The number of para-hydroxylation sites is 1. The first-order valence-electron chi connectivity index (χ1n) is 4.20. The van der Waals surface area contributed by atoms with Crippen LogP contribution in [0.15, 0.2) is 29.3 Å². The molecule has 0 N–H and O–H groups in total. The summed E-state index contributed by atoms with van der Waals surface area (Å²) >= 11 is 0. The molecular formula is C10H12N2. The summed E-state index contributed by atoms with van der Waals surface area (Å²) in [5.41, 5.74) is 2.59. The van der Waals surface area contributed by atoms with E-state index in [0.717, 1.165) is 13.1 Å². The van der Waals surface area contributed by atoms with Gasteiger partial charge < -0.3 is 4.90 Å². The van der Waals surface area contributed by atoms with E-state index >= 15 is 0 Å². The summed E-state index contributed by atoms with van der Waals surface area (Å²) in [5, 5.41) is 0. The van der Waals surface area contributed by atoms with Crippen LogP contribution in [0.1, 0.15) is 5.56 Å². The zero-order valence-electron chi connectivity index (χ0n) is 7.20. The van der Waals surface area contributed by atoms with E-state index in [9.17, 15) is 0 Å². The Labute approximate surface area is 72.5 Å². The van der Waals surface area contributed by atoms with Gasteiger partial charge in [-0.3, -0.25) is 4.99 Å². The second-order valence-electron chi connectivity index (χ2n) is 3.00. The predicted octanol–water partition coefficient (Wildman–Crippen LogP) is 1.84. The van der Waals surface area contributed by atoms with Gasteiger partial charge in [0.25, 0.3) is 0 Å². The molecule has 2 heteroatoms. The third kappa shape index (κ3) is 1.20. The second-order valence-corrected chi connectivity index (χ2v) is 3.00. The molecule has 0 spiro atoms. The molecule has 1 aromatic carbocycles. The molecular weight excluding hydrogens is 148 g/mol. The summed E-state index contributed by atoms with van der Waals surface area (Å²) < 4.78 is 0. The van der Waals surface area contributed by atoms with Gasteiger partial charge in [0.1, 0.15) is 0 Å². The molecule has 0 atom stereocenters. The van der Waals surface area contributed by atoms with Crippen LogP contribution in [-0.2, 0) is 0 Å². The highest BCUT2D eigenvalue weighted by Gasteiger charge is 2.08. The molecule has 0 radical (unpaired) electrons. The number of benzene rings is 1. The molecule has 1 aliphatic heterocycles. The lowest BCUT2D eigenvalue weighted by atomic mass is 10.2. The molecule has 1 aliphatic rings. The van der Waals surface area contributed by atoms with Crippen molar-refractivity contribution < 1.29 is 0 Å².